The minimum absolute atomic E-state index is 0.00553. The van der Waals surface area contributed by atoms with Crippen LogP contribution >= 0.6 is 22.9 Å². The number of nitrogens with zero attached hydrogens (tertiary/aromatic N) is 1. The lowest BCUT2D eigenvalue weighted by Gasteiger charge is -2.33. The topological polar surface area (TPSA) is 58.6 Å². The second-order valence-corrected chi connectivity index (χ2v) is 8.67. The minimum atomic E-state index is -5.21. The maximum Gasteiger partial charge on any atom is 0.471 e. The van der Waals surface area contributed by atoms with E-state index in [2.05, 4.69) is 5.32 Å². The van der Waals surface area contributed by atoms with Crippen LogP contribution in [-0.2, 0) is 9.59 Å². The first-order chi connectivity index (χ1) is 14.7. The van der Waals surface area contributed by atoms with Crippen molar-refractivity contribution in [2.45, 2.75) is 50.4 Å². The Morgan fingerprint density at radius 2 is 1.94 bits per heavy atom. The quantitative estimate of drug-likeness (QED) is 0.601. The fourth-order valence-electron chi connectivity index (χ4n) is 3.70. The van der Waals surface area contributed by atoms with Gasteiger partial charge in [-0.2, -0.15) is 13.2 Å². The number of halogens is 4. The van der Waals surface area contributed by atoms with E-state index in [1.54, 1.807) is 11.4 Å². The predicted octanol–water partition coefficient (Wildman–Crippen LogP) is 5.50. The molecule has 0 spiro atoms. The maximum absolute atomic E-state index is 13.7. The van der Waals surface area contributed by atoms with Gasteiger partial charge in [0.15, 0.2) is 6.04 Å². The van der Waals surface area contributed by atoms with Crippen molar-refractivity contribution in [2.75, 3.05) is 12.0 Å². The van der Waals surface area contributed by atoms with Crippen molar-refractivity contribution in [1.29, 1.82) is 0 Å². The van der Waals surface area contributed by atoms with Crippen LogP contribution in [0.15, 0.2) is 35.7 Å². The number of thiophene rings is 1. The Kier molecular flexibility index (Phi) is 7.48. The summed E-state index contributed by atoms with van der Waals surface area (Å²) in [6, 6.07) is 5.46. The zero-order valence-corrected chi connectivity index (χ0v) is 18.3. The molecular formula is C21H22ClF3N2O3S. The summed E-state index contributed by atoms with van der Waals surface area (Å²) < 4.78 is 46.1. The summed E-state index contributed by atoms with van der Waals surface area (Å²) in [5, 5.41) is 4.59. The highest BCUT2D eigenvalue weighted by Crippen LogP contribution is 2.40. The number of nitrogens with one attached hydrogen (secondary N) is 1. The number of ether oxygens (including phenoxy) is 1. The van der Waals surface area contributed by atoms with Crippen LogP contribution in [-0.4, -0.2) is 31.1 Å². The lowest BCUT2D eigenvalue weighted by atomic mass is 9.95. The molecule has 1 aliphatic rings. The highest BCUT2D eigenvalue weighted by atomic mass is 35.5. The summed E-state index contributed by atoms with van der Waals surface area (Å²) in [4.78, 5) is 26.6. The van der Waals surface area contributed by atoms with Crippen LogP contribution in [0.5, 0.6) is 5.75 Å². The van der Waals surface area contributed by atoms with Crippen LogP contribution < -0.4 is 15.0 Å². The molecule has 0 radical (unpaired) electrons. The van der Waals surface area contributed by atoms with Crippen molar-refractivity contribution in [2.24, 2.45) is 0 Å². The second-order valence-electron chi connectivity index (χ2n) is 7.25. The van der Waals surface area contributed by atoms with Gasteiger partial charge in [-0.05, 0) is 42.5 Å². The van der Waals surface area contributed by atoms with Crippen molar-refractivity contribution in [3.8, 4) is 5.75 Å². The number of anilines is 1. The fraction of sp³-hybridized carbons (Fsp3) is 0.429. The number of benzene rings is 1. The molecule has 3 rings (SSSR count). The normalized spacial score (nSPS) is 15.9. The standard InChI is InChI=1S/C21H22ClF3N2O3S/c1-30-16-10-9-13(22)12-15(16)27(20(29)21(23,24)25)18(17-8-5-11-31-17)19(28)26-14-6-3-2-4-7-14/h5,8-12,14,18H,2-4,6-7H2,1H3,(H,26,28). The third-order valence-corrected chi connectivity index (χ3v) is 6.29. The SMILES string of the molecule is COc1ccc(Cl)cc1N(C(=O)C(F)(F)F)C(C(=O)NC1CCCCC1)c1cccs1. The predicted molar refractivity (Wildman–Crippen MR) is 114 cm³/mol. The first kappa shape index (κ1) is 23.4. The molecular weight excluding hydrogens is 453 g/mol. The van der Waals surface area contributed by atoms with E-state index in [0.29, 0.717) is 9.78 Å². The number of rotatable bonds is 6. The van der Waals surface area contributed by atoms with Gasteiger partial charge >= 0.3 is 12.1 Å². The largest absolute Gasteiger partial charge is 0.495 e. The third kappa shape index (κ3) is 5.51. The molecule has 10 heteroatoms. The number of amides is 2. The van der Waals surface area contributed by atoms with Gasteiger partial charge in [0.25, 0.3) is 0 Å². The average molecular weight is 475 g/mol. The molecule has 0 bridgehead atoms. The lowest BCUT2D eigenvalue weighted by Crippen LogP contribution is -2.50. The number of hydrogen-bond donors (Lipinski definition) is 1. The number of methoxy groups -OCH3 is 1. The van der Waals surface area contributed by atoms with Crippen LogP contribution in [0.1, 0.15) is 43.0 Å². The smallest absolute Gasteiger partial charge is 0.471 e. The summed E-state index contributed by atoms with van der Waals surface area (Å²) in [7, 11) is 1.27. The van der Waals surface area contributed by atoms with Crippen molar-refractivity contribution in [1.82, 2.24) is 5.32 Å². The summed E-state index contributed by atoms with van der Waals surface area (Å²) in [6.45, 7) is 0. The Morgan fingerprint density at radius 3 is 2.52 bits per heavy atom. The zero-order chi connectivity index (χ0) is 22.6. The second kappa shape index (κ2) is 9.91. The van der Waals surface area contributed by atoms with Gasteiger partial charge in [-0.1, -0.05) is 36.9 Å². The van der Waals surface area contributed by atoms with Crippen molar-refractivity contribution in [3.63, 3.8) is 0 Å². The Bertz CT molecular complexity index is 915. The number of alkyl halides is 3. The Morgan fingerprint density at radius 1 is 1.23 bits per heavy atom. The summed E-state index contributed by atoms with van der Waals surface area (Å²) in [6.07, 6.45) is -0.801. The minimum Gasteiger partial charge on any atom is -0.495 e. The third-order valence-electron chi connectivity index (χ3n) is 5.13. The molecule has 2 amide bonds. The molecule has 1 aromatic carbocycles. The van der Waals surface area contributed by atoms with Gasteiger partial charge in [0.2, 0.25) is 5.91 Å². The molecule has 2 aromatic rings. The Hall–Kier alpha value is -2.26. The lowest BCUT2D eigenvalue weighted by molar-refractivity contribution is -0.171. The van der Waals surface area contributed by atoms with Crippen LogP contribution in [0.25, 0.3) is 0 Å². The molecule has 1 heterocycles. The fourth-order valence-corrected chi connectivity index (χ4v) is 4.68. The van der Waals surface area contributed by atoms with Crippen molar-refractivity contribution >= 4 is 40.4 Å². The van der Waals surface area contributed by atoms with Crippen LogP contribution in [0.4, 0.5) is 18.9 Å². The molecule has 1 N–H and O–H groups in total. The molecule has 0 saturated heterocycles. The molecule has 168 valence electrons. The molecule has 1 saturated carbocycles. The molecule has 31 heavy (non-hydrogen) atoms. The van der Waals surface area contributed by atoms with Gasteiger partial charge in [0.05, 0.1) is 12.8 Å². The molecule has 0 aliphatic heterocycles. The average Bonchev–Trinajstić information content (AvgIpc) is 3.25. The van der Waals surface area contributed by atoms with Gasteiger partial charge in [-0.3, -0.25) is 14.5 Å². The Balaban J connectivity index is 2.10. The molecule has 1 atom stereocenters. The van der Waals surface area contributed by atoms with Crippen molar-refractivity contribution < 1.29 is 27.5 Å². The highest BCUT2D eigenvalue weighted by molar-refractivity contribution is 7.10. The molecule has 5 nitrogen and oxygen atoms in total. The first-order valence-electron chi connectivity index (χ1n) is 9.80. The van der Waals surface area contributed by atoms with E-state index in [1.807, 2.05) is 0 Å². The van der Waals surface area contributed by atoms with E-state index in [-0.39, 0.29) is 22.5 Å². The molecule has 1 aliphatic carbocycles. The van der Waals surface area contributed by atoms with Gasteiger partial charge in [-0.15, -0.1) is 11.3 Å². The van der Waals surface area contributed by atoms with E-state index in [0.717, 1.165) is 43.4 Å². The Labute approximate surface area is 187 Å². The molecule has 1 unspecified atom stereocenters. The summed E-state index contributed by atoms with van der Waals surface area (Å²) in [5.74, 6) is -2.85. The van der Waals surface area contributed by atoms with Crippen molar-refractivity contribution in [3.05, 3.63) is 45.6 Å². The number of carbonyl (C=O) groups excluding carboxylic acids is 2. The van der Waals surface area contributed by atoms with Gasteiger partial charge in [0.1, 0.15) is 5.75 Å². The van der Waals surface area contributed by atoms with E-state index in [9.17, 15) is 22.8 Å². The van der Waals surface area contributed by atoms with E-state index in [4.69, 9.17) is 16.3 Å². The van der Waals surface area contributed by atoms with E-state index < -0.39 is 24.0 Å². The monoisotopic (exact) mass is 474 g/mol. The van der Waals surface area contributed by atoms with Crippen LogP contribution in [0.2, 0.25) is 5.02 Å². The zero-order valence-electron chi connectivity index (χ0n) is 16.7. The highest BCUT2D eigenvalue weighted by Gasteiger charge is 2.48. The van der Waals surface area contributed by atoms with Gasteiger partial charge < -0.3 is 10.1 Å². The van der Waals surface area contributed by atoms with Gasteiger partial charge in [0, 0.05) is 15.9 Å². The maximum atomic E-state index is 13.7. The van der Waals surface area contributed by atoms with E-state index in [1.165, 1.54) is 31.4 Å². The molecule has 1 fully saturated rings. The number of carbonyl (C=O) groups is 2. The van der Waals surface area contributed by atoms with Crippen LogP contribution in [0.3, 0.4) is 0 Å². The van der Waals surface area contributed by atoms with Gasteiger partial charge in [-0.25, -0.2) is 0 Å². The molecule has 1 aromatic heterocycles. The van der Waals surface area contributed by atoms with E-state index >= 15 is 0 Å². The number of hydrogen-bond acceptors (Lipinski definition) is 4. The summed E-state index contributed by atoms with van der Waals surface area (Å²) >= 11 is 7.12. The first-order valence-corrected chi connectivity index (χ1v) is 11.1. The summed E-state index contributed by atoms with van der Waals surface area (Å²) in [5.41, 5.74) is -0.227. The van der Waals surface area contributed by atoms with Crippen LogP contribution in [0, 0.1) is 0 Å².